The summed E-state index contributed by atoms with van der Waals surface area (Å²) in [6.45, 7) is 0.216. The lowest BCUT2D eigenvalue weighted by molar-refractivity contribution is -0.122. The van der Waals surface area contributed by atoms with Crippen molar-refractivity contribution in [1.29, 1.82) is 0 Å². The molecule has 0 aliphatic carbocycles. The maximum absolute atomic E-state index is 13.0. The van der Waals surface area contributed by atoms with E-state index in [0.29, 0.717) is 15.2 Å². The Bertz CT molecular complexity index is 858. The molecule has 8 nitrogen and oxygen atoms in total. The molecule has 27 heavy (non-hydrogen) atoms. The van der Waals surface area contributed by atoms with Crippen LogP contribution in [0.3, 0.4) is 0 Å². The molecule has 1 aromatic heterocycles. The number of nitrogens with zero attached hydrogens (tertiary/aromatic N) is 3. The highest BCUT2D eigenvalue weighted by molar-refractivity contribution is 8.01. The van der Waals surface area contributed by atoms with E-state index in [1.165, 1.54) is 40.9 Å². The zero-order valence-electron chi connectivity index (χ0n) is 14.3. The van der Waals surface area contributed by atoms with Crippen molar-refractivity contribution in [1.82, 2.24) is 15.5 Å². The topological polar surface area (TPSA) is 104 Å². The van der Waals surface area contributed by atoms with Crippen LogP contribution in [0, 0.1) is 11.7 Å². The molecule has 0 saturated carbocycles. The minimum absolute atomic E-state index is 0.0697. The average molecular weight is 409 g/mol. The minimum Gasteiger partial charge on any atom is -0.358 e. The number of benzene rings is 1. The second-order valence-electron chi connectivity index (χ2n) is 5.71. The number of thioether (sulfide) groups is 1. The second kappa shape index (κ2) is 8.44. The van der Waals surface area contributed by atoms with Crippen molar-refractivity contribution in [3.8, 4) is 0 Å². The van der Waals surface area contributed by atoms with Gasteiger partial charge in [-0.3, -0.25) is 14.4 Å². The van der Waals surface area contributed by atoms with Crippen LogP contribution in [0.5, 0.6) is 0 Å². The molecule has 1 saturated heterocycles. The van der Waals surface area contributed by atoms with Crippen molar-refractivity contribution in [2.75, 3.05) is 29.6 Å². The zero-order chi connectivity index (χ0) is 19.4. The number of halogens is 1. The minimum atomic E-state index is -0.534. The first-order valence-electron chi connectivity index (χ1n) is 8.00. The van der Waals surface area contributed by atoms with Crippen LogP contribution in [-0.4, -0.2) is 47.3 Å². The third-order valence-electron chi connectivity index (χ3n) is 3.88. The van der Waals surface area contributed by atoms with E-state index in [4.69, 9.17) is 0 Å². The first kappa shape index (κ1) is 19.2. The SMILES string of the molecule is CNC(=O)CSc1nnc(NC(=O)[C@H]2CC(=O)N(c3ccc(F)cc3)C2)s1. The maximum atomic E-state index is 13.0. The molecule has 2 N–H and O–H groups in total. The normalized spacial score (nSPS) is 16.4. The summed E-state index contributed by atoms with van der Waals surface area (Å²) < 4.78 is 13.6. The number of aromatic nitrogens is 2. The van der Waals surface area contributed by atoms with Gasteiger partial charge in [0.1, 0.15) is 5.82 Å². The smallest absolute Gasteiger partial charge is 0.231 e. The van der Waals surface area contributed by atoms with Crippen LogP contribution in [0.4, 0.5) is 15.2 Å². The van der Waals surface area contributed by atoms with Gasteiger partial charge >= 0.3 is 0 Å². The molecule has 142 valence electrons. The van der Waals surface area contributed by atoms with E-state index in [-0.39, 0.29) is 42.3 Å². The Labute approximate surface area is 162 Å². The lowest BCUT2D eigenvalue weighted by atomic mass is 10.1. The standard InChI is InChI=1S/C16H16FN5O3S2/c1-18-12(23)8-26-16-21-20-15(27-16)19-14(25)9-6-13(24)22(7-9)11-4-2-10(17)3-5-11/h2-5,9H,6-8H2,1H3,(H,18,23)(H,19,20,25)/t9-/m0/s1. The molecule has 1 aromatic carbocycles. The highest BCUT2D eigenvalue weighted by Gasteiger charge is 2.35. The van der Waals surface area contributed by atoms with Crippen molar-refractivity contribution in [2.45, 2.75) is 10.8 Å². The van der Waals surface area contributed by atoms with Gasteiger partial charge in [-0.2, -0.15) is 0 Å². The molecule has 0 unspecified atom stereocenters. The van der Waals surface area contributed by atoms with Crippen LogP contribution < -0.4 is 15.5 Å². The van der Waals surface area contributed by atoms with E-state index in [0.717, 1.165) is 11.3 Å². The molecule has 11 heteroatoms. The molecule has 0 radical (unpaired) electrons. The predicted octanol–water partition coefficient (Wildman–Crippen LogP) is 1.51. The Morgan fingerprint density at radius 3 is 2.78 bits per heavy atom. The Balaban J connectivity index is 1.57. The Morgan fingerprint density at radius 2 is 2.07 bits per heavy atom. The Morgan fingerprint density at radius 1 is 1.33 bits per heavy atom. The summed E-state index contributed by atoms with van der Waals surface area (Å²) in [6.07, 6.45) is 0.0697. The highest BCUT2D eigenvalue weighted by Crippen LogP contribution is 2.28. The monoisotopic (exact) mass is 409 g/mol. The van der Waals surface area contributed by atoms with E-state index in [9.17, 15) is 18.8 Å². The molecule has 2 aromatic rings. The van der Waals surface area contributed by atoms with Crippen molar-refractivity contribution in [2.24, 2.45) is 5.92 Å². The number of carbonyl (C=O) groups excluding carboxylic acids is 3. The van der Waals surface area contributed by atoms with E-state index in [1.807, 2.05) is 0 Å². The molecule has 1 aliphatic heterocycles. The van der Waals surface area contributed by atoms with Crippen LogP contribution >= 0.6 is 23.1 Å². The molecular formula is C16H16FN5O3S2. The van der Waals surface area contributed by atoms with Crippen LogP contribution in [0.25, 0.3) is 0 Å². The van der Waals surface area contributed by atoms with Crippen LogP contribution in [-0.2, 0) is 14.4 Å². The molecule has 2 heterocycles. The van der Waals surface area contributed by atoms with E-state index >= 15 is 0 Å². The van der Waals surface area contributed by atoms with Gasteiger partial charge in [0, 0.05) is 25.7 Å². The molecule has 3 amide bonds. The van der Waals surface area contributed by atoms with E-state index < -0.39 is 5.92 Å². The summed E-state index contributed by atoms with van der Waals surface area (Å²) in [6, 6.07) is 5.56. The van der Waals surface area contributed by atoms with Crippen molar-refractivity contribution in [3.05, 3.63) is 30.1 Å². The number of rotatable bonds is 6. The summed E-state index contributed by atoms with van der Waals surface area (Å²) in [5, 5.41) is 13.3. The molecule has 1 aliphatic rings. The number of nitrogens with one attached hydrogen (secondary N) is 2. The summed E-state index contributed by atoms with van der Waals surface area (Å²) in [5.41, 5.74) is 0.556. The van der Waals surface area contributed by atoms with Gasteiger partial charge < -0.3 is 15.5 Å². The first-order chi connectivity index (χ1) is 13.0. The van der Waals surface area contributed by atoms with Gasteiger partial charge in [-0.05, 0) is 24.3 Å². The van der Waals surface area contributed by atoms with Gasteiger partial charge in [-0.15, -0.1) is 10.2 Å². The Hall–Kier alpha value is -2.53. The molecular weight excluding hydrogens is 393 g/mol. The number of amides is 3. The molecule has 1 atom stereocenters. The van der Waals surface area contributed by atoms with Gasteiger partial charge in [0.15, 0.2) is 4.34 Å². The van der Waals surface area contributed by atoms with E-state index in [2.05, 4.69) is 20.8 Å². The number of hydrogen-bond donors (Lipinski definition) is 2. The van der Waals surface area contributed by atoms with Crippen LogP contribution in [0.15, 0.2) is 28.6 Å². The summed E-state index contributed by atoms with van der Waals surface area (Å²) in [4.78, 5) is 37.3. The molecule has 3 rings (SSSR count). The van der Waals surface area contributed by atoms with Crippen LogP contribution in [0.1, 0.15) is 6.42 Å². The van der Waals surface area contributed by atoms with Crippen molar-refractivity contribution < 1.29 is 18.8 Å². The Kier molecular flexibility index (Phi) is 6.01. The predicted molar refractivity (Wildman–Crippen MR) is 100 cm³/mol. The summed E-state index contributed by atoms with van der Waals surface area (Å²) in [5.74, 6) is -1.36. The highest BCUT2D eigenvalue weighted by atomic mass is 32.2. The molecule has 0 spiro atoms. The quantitative estimate of drug-likeness (QED) is 0.554. The summed E-state index contributed by atoms with van der Waals surface area (Å²) >= 11 is 2.38. The van der Waals surface area contributed by atoms with E-state index in [1.54, 1.807) is 7.05 Å². The average Bonchev–Trinajstić information content (AvgIpc) is 3.27. The lowest BCUT2D eigenvalue weighted by Gasteiger charge is -2.16. The third-order valence-corrected chi connectivity index (χ3v) is 5.85. The third kappa shape index (κ3) is 4.80. The fourth-order valence-corrected chi connectivity index (χ4v) is 4.11. The van der Waals surface area contributed by atoms with Crippen LogP contribution in [0.2, 0.25) is 0 Å². The molecule has 0 bridgehead atoms. The van der Waals surface area contributed by atoms with Gasteiger partial charge in [0.2, 0.25) is 22.9 Å². The number of anilines is 2. The first-order valence-corrected chi connectivity index (χ1v) is 9.80. The van der Waals surface area contributed by atoms with Crippen molar-refractivity contribution in [3.63, 3.8) is 0 Å². The lowest BCUT2D eigenvalue weighted by Crippen LogP contribution is -2.28. The maximum Gasteiger partial charge on any atom is 0.231 e. The zero-order valence-corrected chi connectivity index (χ0v) is 15.9. The van der Waals surface area contributed by atoms with Gasteiger partial charge in [0.05, 0.1) is 11.7 Å². The van der Waals surface area contributed by atoms with Crippen molar-refractivity contribution >= 4 is 51.6 Å². The van der Waals surface area contributed by atoms with Gasteiger partial charge in [-0.1, -0.05) is 23.1 Å². The second-order valence-corrected chi connectivity index (χ2v) is 7.91. The molecule has 1 fully saturated rings. The summed E-state index contributed by atoms with van der Waals surface area (Å²) in [7, 11) is 1.55. The van der Waals surface area contributed by atoms with Gasteiger partial charge in [-0.25, -0.2) is 4.39 Å². The fourth-order valence-electron chi connectivity index (χ4n) is 2.48. The number of hydrogen-bond acceptors (Lipinski definition) is 7. The van der Waals surface area contributed by atoms with Gasteiger partial charge in [0.25, 0.3) is 0 Å². The fraction of sp³-hybridized carbons (Fsp3) is 0.312. The number of carbonyl (C=O) groups is 3. The largest absolute Gasteiger partial charge is 0.358 e.